The number of hydrogen-bond donors (Lipinski definition) is 0. The first-order chi connectivity index (χ1) is 16.4. The van der Waals surface area contributed by atoms with Crippen LogP contribution in [0, 0.1) is 25.6 Å². The van der Waals surface area contributed by atoms with E-state index in [9.17, 15) is 14.0 Å². The molecule has 34 heavy (non-hydrogen) atoms. The number of carbonyl (C=O) groups excluding carboxylic acids is 2. The van der Waals surface area contributed by atoms with E-state index in [0.29, 0.717) is 78.8 Å². The molecule has 5 rings (SSSR count). The lowest BCUT2D eigenvalue weighted by Crippen LogP contribution is -2.40. The Hall–Kier alpha value is -3.68. The average Bonchev–Trinajstić information content (AvgIpc) is 3.17. The molecular formula is C26H26FN3O4. The van der Waals surface area contributed by atoms with E-state index in [1.807, 2.05) is 6.92 Å². The number of fused-ring (bicyclic) bond motifs is 1. The van der Waals surface area contributed by atoms with Crippen molar-refractivity contribution in [3.05, 3.63) is 70.8 Å². The van der Waals surface area contributed by atoms with Crippen LogP contribution in [-0.2, 0) is 0 Å². The van der Waals surface area contributed by atoms with Gasteiger partial charge in [0.15, 0.2) is 17.3 Å². The maximum atomic E-state index is 13.3. The lowest BCUT2D eigenvalue weighted by molar-refractivity contribution is 0.0649. The summed E-state index contributed by atoms with van der Waals surface area (Å²) in [5, 5.41) is 4.51. The van der Waals surface area contributed by atoms with Gasteiger partial charge in [0, 0.05) is 24.6 Å². The number of piperidine rings is 1. The smallest absolute Gasteiger partial charge is 0.257 e. The van der Waals surface area contributed by atoms with Crippen molar-refractivity contribution in [1.82, 2.24) is 14.7 Å². The Morgan fingerprint density at radius 2 is 1.65 bits per heavy atom. The van der Waals surface area contributed by atoms with Crippen LogP contribution in [0.2, 0.25) is 0 Å². The van der Waals surface area contributed by atoms with Crippen molar-refractivity contribution in [2.45, 2.75) is 26.7 Å². The Kier molecular flexibility index (Phi) is 5.81. The highest BCUT2D eigenvalue weighted by Crippen LogP contribution is 2.33. The largest absolute Gasteiger partial charge is 0.486 e. The highest BCUT2D eigenvalue weighted by atomic mass is 19.1. The molecule has 1 fully saturated rings. The summed E-state index contributed by atoms with van der Waals surface area (Å²) in [5.74, 6) is 0.782. The second kappa shape index (κ2) is 8.93. The van der Waals surface area contributed by atoms with Crippen molar-refractivity contribution in [2.75, 3.05) is 26.3 Å². The van der Waals surface area contributed by atoms with Crippen LogP contribution < -0.4 is 9.47 Å². The number of aromatic nitrogens is 2. The summed E-state index contributed by atoms with van der Waals surface area (Å²) in [6.45, 7) is 5.63. The highest BCUT2D eigenvalue weighted by molar-refractivity contribution is 5.99. The standard InChI is InChI=1S/C26H26FN3O4/c1-16-24(17(2)30(28-16)21-6-4-20(27)5-7-21)26(32)29-11-9-18(10-12-29)25(31)19-3-8-22-23(15-19)34-14-13-33-22/h3-8,15,18H,9-14H2,1-2H3. The first kappa shape index (κ1) is 22.1. The SMILES string of the molecule is Cc1nn(-c2ccc(F)cc2)c(C)c1C(=O)N1CCC(C(=O)c2ccc3c(c2)OCCO3)CC1. The van der Waals surface area contributed by atoms with Gasteiger partial charge >= 0.3 is 0 Å². The van der Waals surface area contributed by atoms with E-state index < -0.39 is 0 Å². The summed E-state index contributed by atoms with van der Waals surface area (Å²) in [6, 6.07) is 11.3. The molecule has 8 heteroatoms. The van der Waals surface area contributed by atoms with E-state index >= 15 is 0 Å². The Bertz CT molecular complexity index is 1240. The number of benzene rings is 2. The first-order valence-corrected chi connectivity index (χ1v) is 11.5. The third-order valence-corrected chi connectivity index (χ3v) is 6.56. The number of aryl methyl sites for hydroxylation is 1. The lowest BCUT2D eigenvalue weighted by atomic mass is 9.88. The normalized spacial score (nSPS) is 15.9. The molecule has 176 valence electrons. The fourth-order valence-corrected chi connectivity index (χ4v) is 4.72. The molecule has 0 unspecified atom stereocenters. The van der Waals surface area contributed by atoms with Crippen molar-refractivity contribution in [3.8, 4) is 17.2 Å². The minimum absolute atomic E-state index is 0.0700. The Morgan fingerprint density at radius 1 is 0.971 bits per heavy atom. The molecule has 3 heterocycles. The van der Waals surface area contributed by atoms with Crippen LogP contribution in [-0.4, -0.2) is 52.7 Å². The molecule has 0 aliphatic carbocycles. The van der Waals surface area contributed by atoms with Gasteiger partial charge in [-0.05, 0) is 69.2 Å². The number of rotatable bonds is 4. The summed E-state index contributed by atoms with van der Waals surface area (Å²) < 4.78 is 26.1. The number of halogens is 1. The molecule has 0 spiro atoms. The van der Waals surface area contributed by atoms with Crippen LogP contribution in [0.15, 0.2) is 42.5 Å². The molecular weight excluding hydrogens is 437 g/mol. The van der Waals surface area contributed by atoms with E-state index in [1.54, 1.807) is 46.8 Å². The zero-order valence-electron chi connectivity index (χ0n) is 19.2. The molecule has 1 aromatic heterocycles. The third-order valence-electron chi connectivity index (χ3n) is 6.56. The third kappa shape index (κ3) is 4.04. The molecule has 0 atom stereocenters. The predicted molar refractivity (Wildman–Crippen MR) is 123 cm³/mol. The summed E-state index contributed by atoms with van der Waals surface area (Å²) in [6.07, 6.45) is 1.20. The number of nitrogens with zero attached hydrogens (tertiary/aromatic N) is 3. The van der Waals surface area contributed by atoms with Gasteiger partial charge < -0.3 is 14.4 Å². The fraction of sp³-hybridized carbons (Fsp3) is 0.346. The number of likely N-dealkylation sites (tertiary alicyclic amines) is 1. The number of hydrogen-bond acceptors (Lipinski definition) is 5. The van der Waals surface area contributed by atoms with Gasteiger partial charge in [-0.25, -0.2) is 9.07 Å². The molecule has 7 nitrogen and oxygen atoms in total. The molecule has 0 saturated carbocycles. The second-order valence-electron chi connectivity index (χ2n) is 8.72. The molecule has 0 bridgehead atoms. The summed E-state index contributed by atoms with van der Waals surface area (Å²) >= 11 is 0. The van der Waals surface area contributed by atoms with Crippen LogP contribution in [0.25, 0.3) is 5.69 Å². The Morgan fingerprint density at radius 3 is 2.35 bits per heavy atom. The average molecular weight is 464 g/mol. The van der Waals surface area contributed by atoms with Crippen molar-refractivity contribution in [3.63, 3.8) is 0 Å². The van der Waals surface area contributed by atoms with Gasteiger partial charge in [-0.2, -0.15) is 5.10 Å². The van der Waals surface area contributed by atoms with Gasteiger partial charge in [-0.1, -0.05) is 0 Å². The molecule has 3 aromatic rings. The number of Topliss-reactive ketones (excluding diaryl/α,β-unsaturated/α-hetero) is 1. The van der Waals surface area contributed by atoms with Gasteiger partial charge in [-0.15, -0.1) is 0 Å². The van der Waals surface area contributed by atoms with E-state index in [1.165, 1.54) is 12.1 Å². The van der Waals surface area contributed by atoms with Crippen molar-refractivity contribution >= 4 is 11.7 Å². The van der Waals surface area contributed by atoms with E-state index in [0.717, 1.165) is 0 Å². The highest BCUT2D eigenvalue weighted by Gasteiger charge is 2.31. The number of amides is 1. The molecule has 0 radical (unpaired) electrons. The summed E-state index contributed by atoms with van der Waals surface area (Å²) in [7, 11) is 0. The Labute approximate surface area is 197 Å². The van der Waals surface area contributed by atoms with Crippen LogP contribution >= 0.6 is 0 Å². The first-order valence-electron chi connectivity index (χ1n) is 11.5. The zero-order chi connectivity index (χ0) is 23.8. The van der Waals surface area contributed by atoms with Gasteiger partial charge in [0.05, 0.1) is 22.6 Å². The fourth-order valence-electron chi connectivity index (χ4n) is 4.72. The van der Waals surface area contributed by atoms with Crippen LogP contribution in [0.5, 0.6) is 11.5 Å². The van der Waals surface area contributed by atoms with Crippen molar-refractivity contribution in [2.24, 2.45) is 5.92 Å². The van der Waals surface area contributed by atoms with Gasteiger partial charge in [0.2, 0.25) is 0 Å². The maximum Gasteiger partial charge on any atom is 0.257 e. The maximum absolute atomic E-state index is 13.3. The molecule has 2 aliphatic heterocycles. The molecule has 1 saturated heterocycles. The van der Waals surface area contributed by atoms with Crippen molar-refractivity contribution in [1.29, 1.82) is 0 Å². The monoisotopic (exact) mass is 463 g/mol. The molecule has 0 N–H and O–H groups in total. The minimum Gasteiger partial charge on any atom is -0.486 e. The summed E-state index contributed by atoms with van der Waals surface area (Å²) in [4.78, 5) is 28.2. The number of ketones is 1. The van der Waals surface area contributed by atoms with E-state index in [4.69, 9.17) is 9.47 Å². The topological polar surface area (TPSA) is 73.7 Å². The predicted octanol–water partition coefficient (Wildman–Crippen LogP) is 4.13. The van der Waals surface area contributed by atoms with Gasteiger partial charge in [-0.3, -0.25) is 9.59 Å². The molecule has 2 aliphatic rings. The number of ether oxygens (including phenoxy) is 2. The van der Waals surface area contributed by atoms with E-state index in [-0.39, 0.29) is 23.4 Å². The zero-order valence-corrected chi connectivity index (χ0v) is 19.2. The number of carbonyl (C=O) groups is 2. The van der Waals surface area contributed by atoms with Crippen LogP contribution in [0.3, 0.4) is 0 Å². The molecule has 1 amide bonds. The van der Waals surface area contributed by atoms with Crippen LogP contribution in [0.4, 0.5) is 4.39 Å². The van der Waals surface area contributed by atoms with Crippen LogP contribution in [0.1, 0.15) is 44.9 Å². The lowest BCUT2D eigenvalue weighted by Gasteiger charge is -2.31. The second-order valence-corrected chi connectivity index (χ2v) is 8.72. The minimum atomic E-state index is -0.324. The van der Waals surface area contributed by atoms with Gasteiger partial charge in [0.25, 0.3) is 5.91 Å². The quantitative estimate of drug-likeness (QED) is 0.544. The Balaban J connectivity index is 1.27. The van der Waals surface area contributed by atoms with E-state index in [2.05, 4.69) is 5.10 Å². The van der Waals surface area contributed by atoms with Crippen molar-refractivity contribution < 1.29 is 23.5 Å². The van der Waals surface area contributed by atoms with Gasteiger partial charge in [0.1, 0.15) is 19.0 Å². The summed E-state index contributed by atoms with van der Waals surface area (Å²) in [5.41, 5.74) is 3.21. The molecule has 2 aromatic carbocycles.